The van der Waals surface area contributed by atoms with Crippen molar-refractivity contribution in [3.05, 3.63) is 28.8 Å². The monoisotopic (exact) mass is 423 g/mol. The van der Waals surface area contributed by atoms with Gasteiger partial charge in [0.15, 0.2) is 0 Å². The van der Waals surface area contributed by atoms with E-state index in [0.29, 0.717) is 22.3 Å². The Bertz CT molecular complexity index is 786. The first kappa shape index (κ1) is 20.0. The molecule has 0 aromatic heterocycles. The van der Waals surface area contributed by atoms with Gasteiger partial charge < -0.3 is 15.5 Å². The van der Waals surface area contributed by atoms with E-state index in [1.165, 1.54) is 0 Å². The second kappa shape index (κ2) is 7.51. The van der Waals surface area contributed by atoms with Crippen molar-refractivity contribution in [3.8, 4) is 0 Å². The number of fused-ring (bicyclic) bond motifs is 1. The molecule has 4 aliphatic rings. The van der Waals surface area contributed by atoms with E-state index in [4.69, 9.17) is 11.6 Å². The minimum Gasteiger partial charge on any atom is -0.342 e. The number of halogens is 2. The van der Waals surface area contributed by atoms with Crippen LogP contribution >= 0.6 is 24.0 Å². The topological polar surface area (TPSA) is 61.4 Å². The molecular weight excluding hydrogens is 397 g/mol. The molecule has 28 heavy (non-hydrogen) atoms. The fourth-order valence-corrected chi connectivity index (χ4v) is 5.75. The number of amides is 2. The number of rotatable bonds is 2. The van der Waals surface area contributed by atoms with E-state index < -0.39 is 0 Å². The Labute approximate surface area is 177 Å². The van der Waals surface area contributed by atoms with Gasteiger partial charge in [0.2, 0.25) is 11.8 Å². The minimum absolute atomic E-state index is 0. The van der Waals surface area contributed by atoms with Crippen LogP contribution in [-0.4, -0.2) is 42.9 Å². The van der Waals surface area contributed by atoms with E-state index in [9.17, 15) is 9.59 Å². The zero-order valence-electron chi connectivity index (χ0n) is 15.9. The second-order valence-corrected chi connectivity index (χ2v) is 9.17. The number of benzene rings is 1. The Morgan fingerprint density at radius 1 is 1.18 bits per heavy atom. The number of piperidine rings is 2. The van der Waals surface area contributed by atoms with Crippen molar-refractivity contribution in [2.75, 3.05) is 31.5 Å². The van der Waals surface area contributed by atoms with Crippen LogP contribution in [0.5, 0.6) is 0 Å². The van der Waals surface area contributed by atoms with E-state index in [-0.39, 0.29) is 30.2 Å². The van der Waals surface area contributed by atoms with E-state index >= 15 is 0 Å². The first-order valence-electron chi connectivity index (χ1n) is 10.2. The standard InChI is InChI=1S/C21H26ClN3O2.ClH/c22-14-1-2-15-17(11-14)24-19(26)18(15)13-3-9-25(10-4-13)20(27)16-12-21(16)5-7-23-8-6-21;/h1-2,11,13,16,18,23H,3-10,12H2,(H,24,26);1H. The van der Waals surface area contributed by atoms with Gasteiger partial charge in [-0.25, -0.2) is 0 Å². The van der Waals surface area contributed by atoms with Gasteiger partial charge >= 0.3 is 0 Å². The number of carbonyl (C=O) groups is 2. The van der Waals surface area contributed by atoms with Gasteiger partial charge in [0, 0.05) is 29.7 Å². The number of likely N-dealkylation sites (tertiary alicyclic amines) is 1. The molecule has 7 heteroatoms. The highest BCUT2D eigenvalue weighted by molar-refractivity contribution is 6.31. The molecule has 2 N–H and O–H groups in total. The third-order valence-electron chi connectivity index (χ3n) is 7.30. The highest BCUT2D eigenvalue weighted by Crippen LogP contribution is 2.59. The summed E-state index contributed by atoms with van der Waals surface area (Å²) in [6.45, 7) is 3.65. The van der Waals surface area contributed by atoms with Crippen molar-refractivity contribution in [1.82, 2.24) is 10.2 Å². The summed E-state index contributed by atoms with van der Waals surface area (Å²) in [4.78, 5) is 27.6. The largest absolute Gasteiger partial charge is 0.342 e. The van der Waals surface area contributed by atoms with Crippen LogP contribution in [0, 0.1) is 17.3 Å². The maximum Gasteiger partial charge on any atom is 0.232 e. The maximum atomic E-state index is 13.0. The fraction of sp³-hybridized carbons (Fsp3) is 0.619. The SMILES string of the molecule is Cl.O=C1Nc2cc(Cl)ccc2C1C1CCN(C(=O)C2CC23CCNCC3)CC1. The van der Waals surface area contributed by atoms with Crippen LogP contribution in [0.15, 0.2) is 18.2 Å². The van der Waals surface area contributed by atoms with Crippen molar-refractivity contribution >= 4 is 41.5 Å². The molecule has 2 unspecified atom stereocenters. The van der Waals surface area contributed by atoms with Crippen LogP contribution in [0.4, 0.5) is 5.69 Å². The molecule has 0 bridgehead atoms. The lowest BCUT2D eigenvalue weighted by molar-refractivity contribution is -0.135. The molecule has 2 amide bonds. The van der Waals surface area contributed by atoms with Gasteiger partial charge in [-0.3, -0.25) is 9.59 Å². The van der Waals surface area contributed by atoms with Crippen LogP contribution in [0.3, 0.4) is 0 Å². The summed E-state index contributed by atoms with van der Waals surface area (Å²) in [7, 11) is 0. The first-order valence-corrected chi connectivity index (χ1v) is 10.5. The summed E-state index contributed by atoms with van der Waals surface area (Å²) in [6.07, 6.45) is 5.15. The number of nitrogens with zero attached hydrogens (tertiary/aromatic N) is 1. The molecule has 3 heterocycles. The fourth-order valence-electron chi connectivity index (χ4n) is 5.58. The van der Waals surface area contributed by atoms with E-state index in [0.717, 1.165) is 69.5 Å². The summed E-state index contributed by atoms with van der Waals surface area (Å²) < 4.78 is 0. The predicted octanol–water partition coefficient (Wildman–Crippen LogP) is 3.43. The van der Waals surface area contributed by atoms with Gasteiger partial charge in [0.05, 0.1) is 5.92 Å². The Kier molecular flexibility index (Phi) is 5.36. The van der Waals surface area contributed by atoms with Crippen molar-refractivity contribution in [2.45, 2.75) is 38.0 Å². The predicted molar refractivity (Wildman–Crippen MR) is 112 cm³/mol. The molecule has 2 saturated heterocycles. The maximum absolute atomic E-state index is 13.0. The van der Waals surface area contributed by atoms with Crippen LogP contribution in [0.2, 0.25) is 5.02 Å². The summed E-state index contributed by atoms with van der Waals surface area (Å²) in [5, 5.41) is 7.02. The molecule has 1 aliphatic carbocycles. The molecule has 1 aromatic carbocycles. The first-order chi connectivity index (χ1) is 13.1. The molecule has 3 aliphatic heterocycles. The van der Waals surface area contributed by atoms with Gasteiger partial charge in [-0.05, 0) is 74.2 Å². The number of carbonyl (C=O) groups excluding carboxylic acids is 2. The lowest BCUT2D eigenvalue weighted by atomic mass is 9.80. The van der Waals surface area contributed by atoms with Crippen LogP contribution in [0.1, 0.15) is 43.6 Å². The summed E-state index contributed by atoms with van der Waals surface area (Å²) in [5.41, 5.74) is 2.20. The Hall–Kier alpha value is -1.30. The summed E-state index contributed by atoms with van der Waals surface area (Å²) >= 11 is 6.06. The van der Waals surface area contributed by atoms with Crippen LogP contribution in [0.25, 0.3) is 0 Å². The number of nitrogens with one attached hydrogen (secondary N) is 2. The molecule has 3 fully saturated rings. The Morgan fingerprint density at radius 2 is 1.89 bits per heavy atom. The number of hydrogen-bond acceptors (Lipinski definition) is 3. The number of hydrogen-bond donors (Lipinski definition) is 2. The van der Waals surface area contributed by atoms with Gasteiger partial charge in [-0.15, -0.1) is 12.4 Å². The van der Waals surface area contributed by atoms with Crippen LogP contribution < -0.4 is 10.6 Å². The minimum atomic E-state index is -0.105. The van der Waals surface area contributed by atoms with Gasteiger partial charge in [-0.2, -0.15) is 0 Å². The molecule has 0 radical (unpaired) electrons. The lowest BCUT2D eigenvalue weighted by Gasteiger charge is -2.35. The molecular formula is C21H27Cl2N3O2. The lowest BCUT2D eigenvalue weighted by Crippen LogP contribution is -2.42. The van der Waals surface area contributed by atoms with Crippen LogP contribution in [-0.2, 0) is 9.59 Å². The molecule has 1 saturated carbocycles. The smallest absolute Gasteiger partial charge is 0.232 e. The van der Waals surface area contributed by atoms with Gasteiger partial charge in [0.25, 0.3) is 0 Å². The van der Waals surface area contributed by atoms with Gasteiger partial charge in [-0.1, -0.05) is 17.7 Å². The molecule has 5 rings (SSSR count). The average molecular weight is 424 g/mol. The Morgan fingerprint density at radius 3 is 2.61 bits per heavy atom. The van der Waals surface area contributed by atoms with Crippen molar-refractivity contribution < 1.29 is 9.59 Å². The van der Waals surface area contributed by atoms with E-state index in [1.807, 2.05) is 18.2 Å². The highest BCUT2D eigenvalue weighted by atomic mass is 35.5. The molecule has 152 valence electrons. The number of anilines is 1. The van der Waals surface area contributed by atoms with Crippen molar-refractivity contribution in [2.24, 2.45) is 17.3 Å². The Balaban J connectivity index is 0.00000192. The van der Waals surface area contributed by atoms with Crippen molar-refractivity contribution in [3.63, 3.8) is 0 Å². The third kappa shape index (κ3) is 3.31. The molecule has 1 spiro atoms. The highest BCUT2D eigenvalue weighted by Gasteiger charge is 2.58. The zero-order valence-corrected chi connectivity index (χ0v) is 17.5. The van der Waals surface area contributed by atoms with E-state index in [2.05, 4.69) is 15.5 Å². The zero-order chi connectivity index (χ0) is 18.6. The molecule has 5 nitrogen and oxygen atoms in total. The average Bonchev–Trinajstić information content (AvgIpc) is 3.25. The molecule has 1 aromatic rings. The summed E-state index contributed by atoms with van der Waals surface area (Å²) in [5.74, 6) is 0.870. The third-order valence-corrected chi connectivity index (χ3v) is 7.54. The summed E-state index contributed by atoms with van der Waals surface area (Å²) in [6, 6.07) is 5.67. The molecule has 2 atom stereocenters. The van der Waals surface area contributed by atoms with Crippen molar-refractivity contribution in [1.29, 1.82) is 0 Å². The van der Waals surface area contributed by atoms with E-state index in [1.54, 1.807) is 0 Å². The quantitative estimate of drug-likeness (QED) is 0.765. The second-order valence-electron chi connectivity index (χ2n) is 8.73. The normalized spacial score (nSPS) is 28.5. The van der Waals surface area contributed by atoms with Gasteiger partial charge in [0.1, 0.15) is 0 Å².